The van der Waals surface area contributed by atoms with Gasteiger partial charge in [-0.2, -0.15) is 13.2 Å². The number of rotatable bonds is 6. The van der Waals surface area contributed by atoms with E-state index in [0.717, 1.165) is 6.42 Å². The van der Waals surface area contributed by atoms with Crippen LogP contribution in [0.5, 0.6) is 0 Å². The summed E-state index contributed by atoms with van der Waals surface area (Å²) in [5.41, 5.74) is -1.20. The maximum Gasteiger partial charge on any atom is 0.389 e. The zero-order chi connectivity index (χ0) is 14.5. The van der Waals surface area contributed by atoms with E-state index in [4.69, 9.17) is 5.11 Å². The molecule has 110 valence electrons. The molecule has 3 N–H and O–H groups in total. The zero-order valence-electron chi connectivity index (χ0n) is 10.3. The van der Waals surface area contributed by atoms with Gasteiger partial charge in [0, 0.05) is 13.0 Å². The number of carbonyl (C=O) groups excluding carboxylic acids is 1. The summed E-state index contributed by atoms with van der Waals surface area (Å²) in [6.07, 6.45) is -3.43. The van der Waals surface area contributed by atoms with Crippen LogP contribution in [0.4, 0.5) is 18.0 Å². The summed E-state index contributed by atoms with van der Waals surface area (Å²) in [5, 5.41) is 13.7. The lowest BCUT2D eigenvalue weighted by Gasteiger charge is -2.38. The van der Waals surface area contributed by atoms with Crippen molar-refractivity contribution in [3.05, 3.63) is 0 Å². The lowest BCUT2D eigenvalue weighted by Crippen LogP contribution is -2.61. The van der Waals surface area contributed by atoms with E-state index < -0.39 is 30.1 Å². The van der Waals surface area contributed by atoms with Gasteiger partial charge in [-0.25, -0.2) is 9.59 Å². The second-order valence-electron chi connectivity index (χ2n) is 4.69. The third-order valence-electron chi connectivity index (χ3n) is 3.14. The average Bonchev–Trinajstić information content (AvgIpc) is 2.20. The molecule has 19 heavy (non-hydrogen) atoms. The lowest BCUT2D eigenvalue weighted by molar-refractivity contribution is -0.148. The van der Waals surface area contributed by atoms with E-state index >= 15 is 0 Å². The summed E-state index contributed by atoms with van der Waals surface area (Å²) < 4.78 is 35.5. The van der Waals surface area contributed by atoms with Crippen LogP contribution in [0.3, 0.4) is 0 Å². The minimum atomic E-state index is -4.18. The van der Waals surface area contributed by atoms with E-state index in [1.165, 1.54) is 0 Å². The SMILES string of the molecule is O=C(NCCCCC(F)(F)F)NC1(C(=O)O)CCC1. The molecule has 0 aromatic rings. The van der Waals surface area contributed by atoms with Crippen molar-refractivity contribution in [1.29, 1.82) is 0 Å². The van der Waals surface area contributed by atoms with Crippen molar-refractivity contribution in [2.45, 2.75) is 50.2 Å². The summed E-state index contributed by atoms with van der Waals surface area (Å²) in [7, 11) is 0. The molecule has 0 saturated heterocycles. The number of carboxylic acids is 1. The van der Waals surface area contributed by atoms with Crippen LogP contribution >= 0.6 is 0 Å². The number of hydrogen-bond donors (Lipinski definition) is 3. The molecule has 0 radical (unpaired) electrons. The summed E-state index contributed by atoms with van der Waals surface area (Å²) in [4.78, 5) is 22.4. The highest BCUT2D eigenvalue weighted by Crippen LogP contribution is 2.31. The van der Waals surface area contributed by atoms with E-state index in [1.807, 2.05) is 0 Å². The second-order valence-corrected chi connectivity index (χ2v) is 4.69. The monoisotopic (exact) mass is 282 g/mol. The number of carbonyl (C=O) groups is 2. The highest BCUT2D eigenvalue weighted by Gasteiger charge is 2.45. The molecule has 1 aliphatic carbocycles. The number of nitrogens with one attached hydrogen (secondary N) is 2. The number of halogens is 3. The molecule has 0 bridgehead atoms. The van der Waals surface area contributed by atoms with E-state index in [-0.39, 0.29) is 19.4 Å². The maximum absolute atomic E-state index is 11.8. The molecule has 2 amide bonds. The predicted molar refractivity (Wildman–Crippen MR) is 60.7 cm³/mol. The van der Waals surface area contributed by atoms with E-state index in [1.54, 1.807) is 0 Å². The average molecular weight is 282 g/mol. The molecule has 0 atom stereocenters. The standard InChI is InChI=1S/C11H17F3N2O3/c12-11(13,14)6-1-2-7-15-9(19)16-10(8(17)18)4-3-5-10/h1-7H2,(H,17,18)(H2,15,16,19). The molecule has 0 unspecified atom stereocenters. The summed E-state index contributed by atoms with van der Waals surface area (Å²) in [6, 6.07) is -0.644. The van der Waals surface area contributed by atoms with Gasteiger partial charge in [-0.15, -0.1) is 0 Å². The molecule has 0 spiro atoms. The topological polar surface area (TPSA) is 78.4 Å². The molecule has 8 heteroatoms. The Morgan fingerprint density at radius 2 is 1.84 bits per heavy atom. The van der Waals surface area contributed by atoms with Crippen LogP contribution < -0.4 is 10.6 Å². The van der Waals surface area contributed by atoms with Gasteiger partial charge in [-0.1, -0.05) is 0 Å². The van der Waals surface area contributed by atoms with Crippen LogP contribution in [0.15, 0.2) is 0 Å². The molecule has 1 fully saturated rings. The van der Waals surface area contributed by atoms with E-state index in [9.17, 15) is 22.8 Å². The van der Waals surface area contributed by atoms with Crippen LogP contribution in [0.2, 0.25) is 0 Å². The fraction of sp³-hybridized carbons (Fsp3) is 0.818. The smallest absolute Gasteiger partial charge is 0.389 e. The third-order valence-corrected chi connectivity index (χ3v) is 3.14. The van der Waals surface area contributed by atoms with Crippen LogP contribution in [0.1, 0.15) is 38.5 Å². The van der Waals surface area contributed by atoms with Gasteiger partial charge < -0.3 is 15.7 Å². The van der Waals surface area contributed by atoms with Crippen LogP contribution in [0.25, 0.3) is 0 Å². The number of amides is 2. The minimum Gasteiger partial charge on any atom is -0.480 e. The Morgan fingerprint density at radius 3 is 2.26 bits per heavy atom. The molecular formula is C11H17F3N2O3. The summed E-state index contributed by atoms with van der Waals surface area (Å²) in [5.74, 6) is -1.08. The van der Waals surface area contributed by atoms with Crippen LogP contribution in [0, 0.1) is 0 Å². The van der Waals surface area contributed by atoms with Crippen LogP contribution in [-0.4, -0.2) is 35.4 Å². The molecule has 0 aliphatic heterocycles. The molecule has 0 heterocycles. The van der Waals surface area contributed by atoms with Gasteiger partial charge >= 0.3 is 18.2 Å². The van der Waals surface area contributed by atoms with Gasteiger partial charge in [-0.3, -0.25) is 0 Å². The Morgan fingerprint density at radius 1 is 1.21 bits per heavy atom. The molecule has 1 rings (SSSR count). The maximum atomic E-state index is 11.8. The van der Waals surface area contributed by atoms with Gasteiger partial charge in [-0.05, 0) is 32.1 Å². The van der Waals surface area contributed by atoms with Crippen molar-refractivity contribution in [1.82, 2.24) is 10.6 Å². The van der Waals surface area contributed by atoms with Crippen molar-refractivity contribution in [2.75, 3.05) is 6.54 Å². The first kappa shape index (κ1) is 15.6. The number of unbranched alkanes of at least 4 members (excludes halogenated alkanes) is 1. The number of aliphatic carboxylic acids is 1. The third kappa shape index (κ3) is 4.96. The summed E-state index contributed by atoms with van der Waals surface area (Å²) >= 11 is 0. The van der Waals surface area contributed by atoms with Crippen molar-refractivity contribution in [3.8, 4) is 0 Å². The highest BCUT2D eigenvalue weighted by molar-refractivity contribution is 5.87. The molecule has 0 aromatic heterocycles. The first-order chi connectivity index (χ1) is 8.75. The lowest BCUT2D eigenvalue weighted by atomic mass is 9.77. The van der Waals surface area contributed by atoms with Crippen LogP contribution in [-0.2, 0) is 4.79 Å². The molecule has 1 saturated carbocycles. The van der Waals surface area contributed by atoms with Crippen molar-refractivity contribution in [2.24, 2.45) is 0 Å². The summed E-state index contributed by atoms with van der Waals surface area (Å²) in [6.45, 7) is 0.0949. The predicted octanol–water partition coefficient (Wildman–Crippen LogP) is 2.03. The zero-order valence-corrected chi connectivity index (χ0v) is 10.3. The number of urea groups is 1. The molecule has 5 nitrogen and oxygen atoms in total. The molecule has 0 aromatic carbocycles. The number of alkyl halides is 3. The Hall–Kier alpha value is -1.47. The first-order valence-electron chi connectivity index (χ1n) is 6.11. The Kier molecular flexibility index (Phi) is 5.02. The Bertz CT molecular complexity index is 341. The Labute approximate surface area is 108 Å². The van der Waals surface area contributed by atoms with Crippen molar-refractivity contribution >= 4 is 12.0 Å². The van der Waals surface area contributed by atoms with Gasteiger partial charge in [0.25, 0.3) is 0 Å². The number of carboxylic acid groups (broad SMARTS) is 1. The van der Waals surface area contributed by atoms with E-state index in [0.29, 0.717) is 12.8 Å². The number of hydrogen-bond acceptors (Lipinski definition) is 2. The quantitative estimate of drug-likeness (QED) is 0.652. The van der Waals surface area contributed by atoms with Gasteiger partial charge in [0.2, 0.25) is 0 Å². The van der Waals surface area contributed by atoms with E-state index in [2.05, 4.69) is 10.6 Å². The molecule has 1 aliphatic rings. The first-order valence-corrected chi connectivity index (χ1v) is 6.11. The van der Waals surface area contributed by atoms with Gasteiger partial charge in [0.05, 0.1) is 0 Å². The van der Waals surface area contributed by atoms with Crippen molar-refractivity contribution in [3.63, 3.8) is 0 Å². The normalized spacial score (nSPS) is 17.4. The minimum absolute atomic E-state index is 0.0617. The van der Waals surface area contributed by atoms with Crippen molar-refractivity contribution < 1.29 is 27.9 Å². The fourth-order valence-corrected chi connectivity index (χ4v) is 1.84. The highest BCUT2D eigenvalue weighted by atomic mass is 19.4. The largest absolute Gasteiger partial charge is 0.480 e. The fourth-order valence-electron chi connectivity index (χ4n) is 1.84. The van der Waals surface area contributed by atoms with Gasteiger partial charge in [0.15, 0.2) is 0 Å². The molecular weight excluding hydrogens is 265 g/mol. The van der Waals surface area contributed by atoms with Gasteiger partial charge in [0.1, 0.15) is 5.54 Å². The Balaban J connectivity index is 2.16. The second kappa shape index (κ2) is 6.12.